The minimum Gasteiger partial charge on any atom is -0.390 e. The molecule has 1 N–H and O–H groups in total. The highest BCUT2D eigenvalue weighted by atomic mass is 16.3. The van der Waals surface area contributed by atoms with Crippen molar-refractivity contribution in [1.82, 2.24) is 0 Å². The molecule has 2 saturated carbocycles. The van der Waals surface area contributed by atoms with Crippen LogP contribution in [0, 0.1) is 11.8 Å². The van der Waals surface area contributed by atoms with E-state index in [0.717, 1.165) is 18.8 Å². The predicted molar refractivity (Wildman–Crippen MR) is 49.9 cm³/mol. The van der Waals surface area contributed by atoms with Gasteiger partial charge in [0.15, 0.2) is 0 Å². The Morgan fingerprint density at radius 2 is 2.00 bits per heavy atom. The van der Waals surface area contributed by atoms with Crippen LogP contribution in [-0.4, -0.2) is 10.7 Å². The van der Waals surface area contributed by atoms with Crippen LogP contribution in [-0.2, 0) is 0 Å². The number of aliphatic hydroxyl groups is 1. The third kappa shape index (κ3) is 1.66. The maximum atomic E-state index is 10.4. The van der Waals surface area contributed by atoms with Crippen molar-refractivity contribution < 1.29 is 5.11 Å². The summed E-state index contributed by atoms with van der Waals surface area (Å²) < 4.78 is 0. The van der Waals surface area contributed by atoms with Crippen molar-refractivity contribution in [2.75, 3.05) is 0 Å². The zero-order chi connectivity index (χ0) is 8.60. The lowest BCUT2D eigenvalue weighted by Crippen LogP contribution is -2.39. The van der Waals surface area contributed by atoms with Gasteiger partial charge >= 0.3 is 0 Å². The summed E-state index contributed by atoms with van der Waals surface area (Å²) in [6.45, 7) is 2.22. The maximum absolute atomic E-state index is 10.4. The molecule has 1 nitrogen and oxygen atoms in total. The monoisotopic (exact) mass is 168 g/mol. The first-order valence-electron chi connectivity index (χ1n) is 5.43. The van der Waals surface area contributed by atoms with Crippen molar-refractivity contribution in [2.45, 2.75) is 57.5 Å². The Morgan fingerprint density at radius 1 is 1.25 bits per heavy atom. The third-order valence-electron chi connectivity index (χ3n) is 3.75. The highest BCUT2D eigenvalue weighted by molar-refractivity contribution is 4.92. The van der Waals surface area contributed by atoms with E-state index < -0.39 is 0 Å². The molecule has 0 aliphatic heterocycles. The van der Waals surface area contributed by atoms with E-state index >= 15 is 0 Å². The van der Waals surface area contributed by atoms with Gasteiger partial charge in [-0.15, -0.1) is 0 Å². The van der Waals surface area contributed by atoms with Crippen LogP contribution >= 0.6 is 0 Å². The molecule has 2 aliphatic rings. The first-order valence-corrected chi connectivity index (χ1v) is 5.43. The second kappa shape index (κ2) is 3.02. The Bertz CT molecular complexity index is 162. The summed E-state index contributed by atoms with van der Waals surface area (Å²) in [5.41, 5.74) is -0.278. The van der Waals surface area contributed by atoms with E-state index in [1.54, 1.807) is 0 Å². The lowest BCUT2D eigenvalue weighted by molar-refractivity contribution is -0.0520. The first kappa shape index (κ1) is 8.55. The Morgan fingerprint density at radius 3 is 2.58 bits per heavy atom. The molecule has 0 radical (unpaired) electrons. The highest BCUT2D eigenvalue weighted by Crippen LogP contribution is 2.44. The summed E-state index contributed by atoms with van der Waals surface area (Å²) in [6, 6.07) is 0. The van der Waals surface area contributed by atoms with Gasteiger partial charge in [-0.2, -0.15) is 0 Å². The molecule has 0 heterocycles. The van der Waals surface area contributed by atoms with Gasteiger partial charge in [0.25, 0.3) is 0 Å². The van der Waals surface area contributed by atoms with Crippen LogP contribution in [0.2, 0.25) is 0 Å². The minimum absolute atomic E-state index is 0.278. The molecule has 0 bridgehead atoms. The van der Waals surface area contributed by atoms with Gasteiger partial charge < -0.3 is 5.11 Å². The van der Waals surface area contributed by atoms with Crippen molar-refractivity contribution >= 4 is 0 Å². The van der Waals surface area contributed by atoms with E-state index in [2.05, 4.69) is 6.92 Å². The van der Waals surface area contributed by atoms with Gasteiger partial charge in [-0.05, 0) is 31.1 Å². The van der Waals surface area contributed by atoms with Crippen molar-refractivity contribution in [2.24, 2.45) is 11.8 Å². The third-order valence-corrected chi connectivity index (χ3v) is 3.75. The van der Waals surface area contributed by atoms with Crippen LogP contribution in [0.15, 0.2) is 0 Å². The average Bonchev–Trinajstić information content (AvgIpc) is 2.79. The van der Waals surface area contributed by atoms with E-state index in [1.807, 2.05) is 0 Å². The van der Waals surface area contributed by atoms with E-state index in [-0.39, 0.29) is 5.60 Å². The van der Waals surface area contributed by atoms with Crippen LogP contribution in [0.3, 0.4) is 0 Å². The van der Waals surface area contributed by atoms with Gasteiger partial charge in [0.05, 0.1) is 5.60 Å². The summed E-state index contributed by atoms with van der Waals surface area (Å²) in [7, 11) is 0. The first-order chi connectivity index (χ1) is 5.71. The van der Waals surface area contributed by atoms with E-state index in [9.17, 15) is 5.11 Å². The van der Waals surface area contributed by atoms with Crippen LogP contribution < -0.4 is 0 Å². The maximum Gasteiger partial charge on any atom is 0.0675 e. The Balaban J connectivity index is 1.94. The normalized spacial score (nSPS) is 43.0. The predicted octanol–water partition coefficient (Wildman–Crippen LogP) is 2.73. The molecule has 70 valence electrons. The molecular weight excluding hydrogens is 148 g/mol. The standard InChI is InChI=1S/C11H20O/c1-9-4-2-3-7-11(9,12)8-10-5-6-10/h9-10,12H,2-8H2,1H3. The molecule has 2 unspecified atom stereocenters. The fourth-order valence-electron chi connectivity index (χ4n) is 2.52. The largest absolute Gasteiger partial charge is 0.390 e. The molecule has 0 aromatic rings. The van der Waals surface area contributed by atoms with E-state index in [4.69, 9.17) is 0 Å². The van der Waals surface area contributed by atoms with E-state index in [0.29, 0.717) is 5.92 Å². The van der Waals surface area contributed by atoms with Gasteiger partial charge in [0.2, 0.25) is 0 Å². The van der Waals surface area contributed by atoms with Crippen molar-refractivity contribution in [3.63, 3.8) is 0 Å². The van der Waals surface area contributed by atoms with Gasteiger partial charge in [0, 0.05) is 0 Å². The van der Waals surface area contributed by atoms with E-state index in [1.165, 1.54) is 32.1 Å². The molecule has 0 aromatic heterocycles. The van der Waals surface area contributed by atoms with Gasteiger partial charge in [-0.25, -0.2) is 0 Å². The van der Waals surface area contributed by atoms with Gasteiger partial charge in [0.1, 0.15) is 0 Å². The summed E-state index contributed by atoms with van der Waals surface area (Å²) in [6.07, 6.45) is 8.70. The van der Waals surface area contributed by atoms with Crippen molar-refractivity contribution in [1.29, 1.82) is 0 Å². The van der Waals surface area contributed by atoms with Crippen molar-refractivity contribution in [3.05, 3.63) is 0 Å². The molecule has 2 fully saturated rings. The summed E-state index contributed by atoms with van der Waals surface area (Å²) >= 11 is 0. The second-order valence-corrected chi connectivity index (χ2v) is 4.90. The number of hydrogen-bond donors (Lipinski definition) is 1. The van der Waals surface area contributed by atoms with Crippen LogP contribution in [0.5, 0.6) is 0 Å². The summed E-state index contributed by atoms with van der Waals surface area (Å²) in [5.74, 6) is 1.42. The SMILES string of the molecule is CC1CCCCC1(O)CC1CC1. The van der Waals surface area contributed by atoms with Crippen molar-refractivity contribution in [3.8, 4) is 0 Å². The lowest BCUT2D eigenvalue weighted by atomic mass is 9.73. The molecule has 0 spiro atoms. The van der Waals surface area contributed by atoms with Crippen LogP contribution in [0.25, 0.3) is 0 Å². The summed E-state index contributed by atoms with van der Waals surface area (Å²) in [4.78, 5) is 0. The Labute approximate surface area is 75.2 Å². The summed E-state index contributed by atoms with van der Waals surface area (Å²) in [5, 5.41) is 10.4. The second-order valence-electron chi connectivity index (χ2n) is 4.90. The molecular formula is C11H20O. The molecule has 1 heteroatoms. The molecule has 0 amide bonds. The topological polar surface area (TPSA) is 20.2 Å². The van der Waals surface area contributed by atoms with Crippen LogP contribution in [0.4, 0.5) is 0 Å². The highest BCUT2D eigenvalue weighted by Gasteiger charge is 2.40. The molecule has 12 heavy (non-hydrogen) atoms. The molecule has 2 aliphatic carbocycles. The van der Waals surface area contributed by atoms with Crippen LogP contribution in [0.1, 0.15) is 51.9 Å². The van der Waals surface area contributed by atoms with Gasteiger partial charge in [-0.1, -0.05) is 32.6 Å². The quantitative estimate of drug-likeness (QED) is 0.672. The fourth-order valence-corrected chi connectivity index (χ4v) is 2.52. The number of hydrogen-bond acceptors (Lipinski definition) is 1. The fraction of sp³-hybridized carbons (Fsp3) is 1.00. The Hall–Kier alpha value is -0.0400. The zero-order valence-electron chi connectivity index (χ0n) is 8.05. The average molecular weight is 168 g/mol. The minimum atomic E-state index is -0.278. The number of rotatable bonds is 2. The molecule has 0 saturated heterocycles. The van der Waals surface area contributed by atoms with Gasteiger partial charge in [-0.3, -0.25) is 0 Å². The Kier molecular flexibility index (Phi) is 2.16. The smallest absolute Gasteiger partial charge is 0.0675 e. The molecule has 2 rings (SSSR count). The zero-order valence-corrected chi connectivity index (χ0v) is 8.05. The molecule has 2 atom stereocenters. The molecule has 0 aromatic carbocycles. The lowest BCUT2D eigenvalue weighted by Gasteiger charge is -2.38.